The van der Waals surface area contributed by atoms with E-state index in [0.29, 0.717) is 25.4 Å². The van der Waals surface area contributed by atoms with Gasteiger partial charge in [0.2, 0.25) is 0 Å². The molecule has 0 aliphatic heterocycles. The van der Waals surface area contributed by atoms with Crippen LogP contribution in [0, 0.1) is 5.92 Å². The summed E-state index contributed by atoms with van der Waals surface area (Å²) in [4.78, 5) is 24.0. The van der Waals surface area contributed by atoms with Crippen LogP contribution in [0.25, 0.3) is 0 Å². The van der Waals surface area contributed by atoms with Crippen molar-refractivity contribution in [1.29, 1.82) is 0 Å². The third-order valence-electron chi connectivity index (χ3n) is 3.52. The second kappa shape index (κ2) is 9.71. The number of carboxylic acids is 1. The van der Waals surface area contributed by atoms with Gasteiger partial charge in [-0.05, 0) is 36.5 Å². The van der Waals surface area contributed by atoms with Gasteiger partial charge in [-0.15, -0.1) is 0 Å². The number of hydrogen-bond acceptors (Lipinski definition) is 3. The minimum absolute atomic E-state index is 0.0673. The molecule has 1 unspecified atom stereocenters. The van der Waals surface area contributed by atoms with Crippen molar-refractivity contribution >= 4 is 12.0 Å². The zero-order valence-corrected chi connectivity index (χ0v) is 14.0. The maximum atomic E-state index is 11.9. The molecule has 0 bridgehead atoms. The van der Waals surface area contributed by atoms with Crippen LogP contribution in [0.5, 0.6) is 5.75 Å². The fourth-order valence-corrected chi connectivity index (χ4v) is 2.35. The Morgan fingerprint density at radius 1 is 1.30 bits per heavy atom. The molecule has 0 saturated carbocycles. The second-order valence-electron chi connectivity index (χ2n) is 5.77. The van der Waals surface area contributed by atoms with Gasteiger partial charge < -0.3 is 20.1 Å². The third kappa shape index (κ3) is 7.54. The molecule has 2 amide bonds. The normalized spacial score (nSPS) is 11.6. The van der Waals surface area contributed by atoms with Gasteiger partial charge in [0, 0.05) is 26.6 Å². The number of nitrogens with zero attached hydrogens (tertiary/aromatic N) is 1. The van der Waals surface area contributed by atoms with Crippen molar-refractivity contribution < 1.29 is 19.4 Å². The molecule has 6 heteroatoms. The summed E-state index contributed by atoms with van der Waals surface area (Å²) in [6.45, 7) is 3.11. The summed E-state index contributed by atoms with van der Waals surface area (Å²) in [7, 11) is 3.39. The lowest BCUT2D eigenvalue weighted by atomic mass is 10.0. The van der Waals surface area contributed by atoms with Gasteiger partial charge in [-0.3, -0.25) is 4.79 Å². The van der Waals surface area contributed by atoms with Crippen LogP contribution in [0.4, 0.5) is 4.79 Å². The first-order chi connectivity index (χ1) is 10.9. The van der Waals surface area contributed by atoms with E-state index in [1.165, 1.54) is 5.56 Å². The maximum absolute atomic E-state index is 11.9. The van der Waals surface area contributed by atoms with E-state index < -0.39 is 5.97 Å². The second-order valence-corrected chi connectivity index (χ2v) is 5.77. The van der Waals surface area contributed by atoms with Crippen LogP contribution in [0.15, 0.2) is 24.3 Å². The number of aliphatic carboxylic acids is 1. The number of rotatable bonds is 9. The number of methoxy groups -OCH3 is 1. The van der Waals surface area contributed by atoms with Crippen molar-refractivity contribution in [3.8, 4) is 5.75 Å². The minimum atomic E-state index is -0.847. The summed E-state index contributed by atoms with van der Waals surface area (Å²) >= 11 is 0. The molecule has 128 valence electrons. The van der Waals surface area contributed by atoms with Crippen molar-refractivity contribution in [3.63, 3.8) is 0 Å². The molecule has 0 aliphatic rings. The Bertz CT molecular complexity index is 502. The zero-order valence-electron chi connectivity index (χ0n) is 14.0. The summed E-state index contributed by atoms with van der Waals surface area (Å²) in [6.07, 6.45) is 1.38. The number of urea groups is 1. The molecule has 0 spiro atoms. The SMILES string of the molecule is COc1ccc(CC(C)CN(C)C(=O)NCCCC(=O)O)cc1. The fourth-order valence-electron chi connectivity index (χ4n) is 2.35. The van der Waals surface area contributed by atoms with Gasteiger partial charge in [-0.25, -0.2) is 4.79 Å². The van der Waals surface area contributed by atoms with E-state index in [1.54, 1.807) is 19.1 Å². The van der Waals surface area contributed by atoms with Gasteiger partial charge in [0.25, 0.3) is 0 Å². The molecular weight excluding hydrogens is 296 g/mol. The van der Waals surface area contributed by atoms with Gasteiger partial charge in [0.15, 0.2) is 0 Å². The Morgan fingerprint density at radius 3 is 2.52 bits per heavy atom. The lowest BCUT2D eigenvalue weighted by molar-refractivity contribution is -0.137. The van der Waals surface area contributed by atoms with Crippen molar-refractivity contribution in [2.45, 2.75) is 26.2 Å². The third-order valence-corrected chi connectivity index (χ3v) is 3.52. The van der Waals surface area contributed by atoms with Crippen LogP contribution in [0.1, 0.15) is 25.3 Å². The average molecular weight is 322 g/mol. The predicted octanol–water partition coefficient (Wildman–Crippen LogP) is 2.38. The highest BCUT2D eigenvalue weighted by Gasteiger charge is 2.12. The fraction of sp³-hybridized carbons (Fsp3) is 0.529. The first-order valence-electron chi connectivity index (χ1n) is 7.76. The van der Waals surface area contributed by atoms with Gasteiger partial charge in [-0.1, -0.05) is 19.1 Å². The van der Waals surface area contributed by atoms with Gasteiger partial charge >= 0.3 is 12.0 Å². The van der Waals surface area contributed by atoms with Crippen molar-refractivity contribution in [2.75, 3.05) is 27.2 Å². The summed E-state index contributed by atoms with van der Waals surface area (Å²) in [5.41, 5.74) is 1.20. The highest BCUT2D eigenvalue weighted by Crippen LogP contribution is 2.15. The van der Waals surface area contributed by atoms with E-state index in [1.807, 2.05) is 24.3 Å². The molecule has 0 radical (unpaired) electrons. The van der Waals surface area contributed by atoms with E-state index in [9.17, 15) is 9.59 Å². The lowest BCUT2D eigenvalue weighted by Crippen LogP contribution is -2.40. The molecule has 1 atom stereocenters. The number of carbonyl (C=O) groups is 2. The summed E-state index contributed by atoms with van der Waals surface area (Å²) in [5, 5.41) is 11.3. The van der Waals surface area contributed by atoms with Crippen molar-refractivity contribution in [1.82, 2.24) is 10.2 Å². The lowest BCUT2D eigenvalue weighted by Gasteiger charge is -2.22. The number of carboxylic acid groups (broad SMARTS) is 1. The Kier molecular flexibility index (Phi) is 7.94. The number of benzene rings is 1. The van der Waals surface area contributed by atoms with E-state index >= 15 is 0 Å². The topological polar surface area (TPSA) is 78.9 Å². The number of carbonyl (C=O) groups excluding carboxylic acids is 1. The van der Waals surface area contributed by atoms with E-state index in [-0.39, 0.29) is 12.5 Å². The molecule has 0 aliphatic carbocycles. The zero-order chi connectivity index (χ0) is 17.2. The summed E-state index contributed by atoms with van der Waals surface area (Å²) < 4.78 is 5.13. The van der Waals surface area contributed by atoms with Gasteiger partial charge in [0.1, 0.15) is 5.75 Å². The Labute approximate surface area is 137 Å². The van der Waals surface area contributed by atoms with Crippen LogP contribution in [-0.2, 0) is 11.2 Å². The number of nitrogens with one attached hydrogen (secondary N) is 1. The molecule has 23 heavy (non-hydrogen) atoms. The monoisotopic (exact) mass is 322 g/mol. The van der Waals surface area contributed by atoms with Crippen LogP contribution in [0.3, 0.4) is 0 Å². The van der Waals surface area contributed by atoms with Crippen LogP contribution < -0.4 is 10.1 Å². The molecule has 1 aromatic rings. The molecule has 1 aromatic carbocycles. The molecule has 2 N–H and O–H groups in total. The number of amides is 2. The van der Waals surface area contributed by atoms with Crippen LogP contribution >= 0.6 is 0 Å². The molecule has 0 fully saturated rings. The molecule has 0 heterocycles. The largest absolute Gasteiger partial charge is 0.497 e. The number of ether oxygens (including phenoxy) is 1. The quantitative estimate of drug-likeness (QED) is 0.684. The molecule has 0 saturated heterocycles. The smallest absolute Gasteiger partial charge is 0.317 e. The van der Waals surface area contributed by atoms with E-state index in [0.717, 1.165) is 12.2 Å². The summed E-state index contributed by atoms with van der Waals surface area (Å²) in [6, 6.07) is 7.75. The molecule has 6 nitrogen and oxygen atoms in total. The average Bonchev–Trinajstić information content (AvgIpc) is 2.51. The van der Waals surface area contributed by atoms with Crippen molar-refractivity contribution in [3.05, 3.63) is 29.8 Å². The first kappa shape index (κ1) is 18.8. The van der Waals surface area contributed by atoms with Gasteiger partial charge in [0.05, 0.1) is 7.11 Å². The highest BCUT2D eigenvalue weighted by atomic mass is 16.5. The molecule has 0 aromatic heterocycles. The minimum Gasteiger partial charge on any atom is -0.497 e. The van der Waals surface area contributed by atoms with Crippen LogP contribution in [-0.4, -0.2) is 49.3 Å². The predicted molar refractivity (Wildman–Crippen MR) is 88.8 cm³/mol. The molecule has 1 rings (SSSR count). The van der Waals surface area contributed by atoms with Crippen LogP contribution in [0.2, 0.25) is 0 Å². The highest BCUT2D eigenvalue weighted by molar-refractivity contribution is 5.73. The maximum Gasteiger partial charge on any atom is 0.317 e. The van der Waals surface area contributed by atoms with E-state index in [4.69, 9.17) is 9.84 Å². The Balaban J connectivity index is 2.32. The van der Waals surface area contributed by atoms with Crippen molar-refractivity contribution in [2.24, 2.45) is 5.92 Å². The Hall–Kier alpha value is -2.24. The molecular formula is C17H26N2O4. The van der Waals surface area contributed by atoms with Gasteiger partial charge in [-0.2, -0.15) is 0 Å². The summed E-state index contributed by atoms with van der Waals surface area (Å²) in [5.74, 6) is 0.304. The number of hydrogen-bond donors (Lipinski definition) is 2. The standard InChI is InChI=1S/C17H26N2O4/c1-13(11-14-6-8-15(23-3)9-7-14)12-19(2)17(22)18-10-4-5-16(20)21/h6-9,13H,4-5,10-12H2,1-3H3,(H,18,22)(H,20,21). The first-order valence-corrected chi connectivity index (χ1v) is 7.76. The van der Waals surface area contributed by atoms with E-state index in [2.05, 4.69) is 12.2 Å². The Morgan fingerprint density at radius 2 is 1.96 bits per heavy atom.